The van der Waals surface area contributed by atoms with Gasteiger partial charge in [-0.15, -0.1) is 5.10 Å². The number of benzene rings is 1. The standard InChI is InChI=1S/C35H50N8O6/c1-24-21-30(47-3)29(49-24)9-7-5-4-6-8-18-42-23-27(40-41-42)15-17-28(44)16-14-25-10-12-26(13-11-25)22-43-33-31(37-35(43)45)32(36)38-34(39-33)48-20-19-46-2/h10-13,23-24,29-30H,4-9,14-22H2,1-3H3,(H,37,45)(H2,36,38,39)/t24-,29+,30+/m1/s1. The Kier molecular flexibility index (Phi) is 13.3. The van der Waals surface area contributed by atoms with E-state index in [1.807, 2.05) is 35.1 Å². The lowest BCUT2D eigenvalue weighted by atomic mass is 10.0. The maximum Gasteiger partial charge on any atom is 0.328 e. The van der Waals surface area contributed by atoms with Crippen LogP contribution in [0.25, 0.3) is 11.2 Å². The number of anilines is 1. The molecule has 0 amide bonds. The van der Waals surface area contributed by atoms with Crippen LogP contribution in [0.15, 0.2) is 35.3 Å². The Balaban J connectivity index is 0.985. The molecule has 0 aliphatic carbocycles. The van der Waals surface area contributed by atoms with E-state index in [-0.39, 0.29) is 48.7 Å². The minimum Gasteiger partial charge on any atom is -0.461 e. The van der Waals surface area contributed by atoms with E-state index < -0.39 is 0 Å². The fourth-order valence-electron chi connectivity index (χ4n) is 6.26. The van der Waals surface area contributed by atoms with E-state index in [1.165, 1.54) is 23.8 Å². The molecule has 0 saturated carbocycles. The molecule has 1 aliphatic heterocycles. The molecule has 14 nitrogen and oxygen atoms in total. The number of nitrogens with zero attached hydrogens (tertiary/aromatic N) is 6. The third kappa shape index (κ3) is 10.4. The highest BCUT2D eigenvalue weighted by atomic mass is 16.6. The van der Waals surface area contributed by atoms with Gasteiger partial charge in [0.05, 0.1) is 37.2 Å². The van der Waals surface area contributed by atoms with Crippen molar-refractivity contribution in [3.63, 3.8) is 0 Å². The van der Waals surface area contributed by atoms with E-state index in [1.54, 1.807) is 14.2 Å². The summed E-state index contributed by atoms with van der Waals surface area (Å²) in [7, 11) is 3.35. The van der Waals surface area contributed by atoms with E-state index in [2.05, 4.69) is 32.2 Å². The summed E-state index contributed by atoms with van der Waals surface area (Å²) in [6.45, 7) is 3.88. The largest absolute Gasteiger partial charge is 0.461 e. The maximum atomic E-state index is 12.7. The summed E-state index contributed by atoms with van der Waals surface area (Å²) in [6.07, 6.45) is 12.7. The fourth-order valence-corrected chi connectivity index (χ4v) is 6.26. The van der Waals surface area contributed by atoms with Crippen molar-refractivity contribution in [3.05, 3.63) is 57.8 Å². The average molecular weight is 679 g/mol. The molecule has 5 rings (SSSR count). The topological polar surface area (TPSA) is 174 Å². The summed E-state index contributed by atoms with van der Waals surface area (Å²) >= 11 is 0. The van der Waals surface area contributed by atoms with Gasteiger partial charge in [-0.3, -0.25) is 14.0 Å². The van der Waals surface area contributed by atoms with Crippen molar-refractivity contribution >= 4 is 22.8 Å². The van der Waals surface area contributed by atoms with Crippen LogP contribution < -0.4 is 16.2 Å². The molecule has 266 valence electrons. The summed E-state index contributed by atoms with van der Waals surface area (Å²) < 4.78 is 25.4. The van der Waals surface area contributed by atoms with Crippen molar-refractivity contribution < 1.29 is 23.7 Å². The van der Waals surface area contributed by atoms with Crippen LogP contribution in [-0.4, -0.2) is 86.0 Å². The first-order chi connectivity index (χ1) is 23.8. The van der Waals surface area contributed by atoms with Crippen LogP contribution in [-0.2, 0) is 44.9 Å². The number of aryl methyl sites for hydroxylation is 3. The third-order valence-electron chi connectivity index (χ3n) is 9.02. The number of carbonyl (C=O) groups excluding carboxylic acids is 1. The fraction of sp³-hybridized carbons (Fsp3) is 0.600. The molecular formula is C35H50N8O6. The number of hydrogen-bond acceptors (Lipinski definition) is 11. The predicted octanol–water partition coefficient (Wildman–Crippen LogP) is 4.03. The van der Waals surface area contributed by atoms with Gasteiger partial charge in [0.2, 0.25) is 0 Å². The van der Waals surface area contributed by atoms with Crippen LogP contribution in [0, 0.1) is 0 Å². The molecule has 0 spiro atoms. The predicted molar refractivity (Wildman–Crippen MR) is 185 cm³/mol. The average Bonchev–Trinajstić information content (AvgIpc) is 3.80. The molecule has 1 aliphatic rings. The first kappa shape index (κ1) is 36.1. The molecule has 49 heavy (non-hydrogen) atoms. The van der Waals surface area contributed by atoms with Gasteiger partial charge in [0.15, 0.2) is 11.5 Å². The number of aromatic nitrogens is 7. The number of ether oxygens (including phenoxy) is 4. The van der Waals surface area contributed by atoms with Crippen LogP contribution in [0.3, 0.4) is 0 Å². The number of unbranched alkanes of at least 4 members (excludes halogenated alkanes) is 4. The van der Waals surface area contributed by atoms with Crippen molar-refractivity contribution in [2.75, 3.05) is 33.2 Å². The molecule has 3 N–H and O–H groups in total. The monoisotopic (exact) mass is 678 g/mol. The van der Waals surface area contributed by atoms with Crippen LogP contribution in [0.2, 0.25) is 0 Å². The van der Waals surface area contributed by atoms with Gasteiger partial charge in [0.1, 0.15) is 17.9 Å². The van der Waals surface area contributed by atoms with Gasteiger partial charge in [-0.05, 0) is 43.7 Å². The maximum absolute atomic E-state index is 12.7. The number of H-pyrrole nitrogens is 1. The van der Waals surface area contributed by atoms with Gasteiger partial charge >= 0.3 is 11.7 Å². The van der Waals surface area contributed by atoms with Crippen LogP contribution >= 0.6 is 0 Å². The molecule has 3 aromatic heterocycles. The Morgan fingerprint density at radius 3 is 2.57 bits per heavy atom. The Labute approximate surface area is 286 Å². The SMILES string of the molecule is COCCOc1nc(N)c2[nH]c(=O)n(Cc3ccc(CCC(=O)CCc4cn(CCCCCCC[C@@H]5O[C@H](C)C[C@@H]5OC)nn4)cc3)c2n1. The smallest absolute Gasteiger partial charge is 0.328 e. The minimum atomic E-state index is -0.340. The molecule has 0 unspecified atom stereocenters. The van der Waals surface area contributed by atoms with Crippen LogP contribution in [0.4, 0.5) is 5.82 Å². The van der Waals surface area contributed by atoms with Crippen molar-refractivity contribution in [2.45, 2.75) is 109 Å². The van der Waals surface area contributed by atoms with Gasteiger partial charge in [0, 0.05) is 46.2 Å². The highest BCUT2D eigenvalue weighted by molar-refractivity contribution is 5.82. The van der Waals surface area contributed by atoms with E-state index in [9.17, 15) is 9.59 Å². The Morgan fingerprint density at radius 2 is 1.78 bits per heavy atom. The first-order valence-electron chi connectivity index (χ1n) is 17.4. The molecule has 0 bridgehead atoms. The summed E-state index contributed by atoms with van der Waals surface area (Å²) in [5, 5.41) is 8.53. The number of carbonyl (C=O) groups is 1. The number of hydrogen-bond donors (Lipinski definition) is 2. The number of nitrogens with one attached hydrogen (secondary N) is 1. The molecule has 1 fully saturated rings. The number of nitrogens with two attached hydrogens (primary N) is 1. The second-order valence-electron chi connectivity index (χ2n) is 12.8. The first-order valence-corrected chi connectivity index (χ1v) is 17.4. The lowest BCUT2D eigenvalue weighted by Crippen LogP contribution is -2.22. The molecule has 1 aromatic carbocycles. The lowest BCUT2D eigenvalue weighted by molar-refractivity contribution is -0.119. The highest BCUT2D eigenvalue weighted by Gasteiger charge is 2.32. The number of fused-ring (bicyclic) bond motifs is 1. The van der Waals surface area contributed by atoms with Crippen molar-refractivity contribution in [1.29, 1.82) is 0 Å². The Hall–Kier alpha value is -4.14. The summed E-state index contributed by atoms with van der Waals surface area (Å²) in [4.78, 5) is 36.6. The van der Waals surface area contributed by atoms with Gasteiger partial charge in [-0.2, -0.15) is 9.97 Å². The van der Waals surface area contributed by atoms with E-state index in [4.69, 9.17) is 24.7 Å². The second-order valence-corrected chi connectivity index (χ2v) is 12.8. The number of methoxy groups -OCH3 is 2. The van der Waals surface area contributed by atoms with Crippen LogP contribution in [0.5, 0.6) is 6.01 Å². The summed E-state index contributed by atoms with van der Waals surface area (Å²) in [6, 6.07) is 7.95. The zero-order chi connectivity index (χ0) is 34.6. The van der Waals surface area contributed by atoms with Crippen LogP contribution in [0.1, 0.15) is 81.5 Å². The number of rotatable bonds is 21. The number of nitrogen functional groups attached to an aromatic ring is 1. The molecule has 4 heterocycles. The lowest BCUT2D eigenvalue weighted by Gasteiger charge is -2.16. The van der Waals surface area contributed by atoms with E-state index in [0.29, 0.717) is 49.6 Å². The normalized spacial score (nSPS) is 17.7. The van der Waals surface area contributed by atoms with Crippen molar-refractivity contribution in [1.82, 2.24) is 34.5 Å². The number of ketones is 1. The zero-order valence-electron chi connectivity index (χ0n) is 28.9. The van der Waals surface area contributed by atoms with Gasteiger partial charge in [-0.1, -0.05) is 55.2 Å². The van der Waals surface area contributed by atoms with Gasteiger partial charge < -0.3 is 29.7 Å². The molecule has 14 heteroatoms. The third-order valence-corrected chi connectivity index (χ3v) is 9.02. The van der Waals surface area contributed by atoms with E-state index in [0.717, 1.165) is 49.0 Å². The minimum absolute atomic E-state index is 0.0819. The van der Waals surface area contributed by atoms with Crippen molar-refractivity contribution in [2.24, 2.45) is 0 Å². The van der Waals surface area contributed by atoms with Gasteiger partial charge in [0.25, 0.3) is 0 Å². The van der Waals surface area contributed by atoms with Gasteiger partial charge in [-0.25, -0.2) is 4.79 Å². The number of Topliss-reactive ketones (excluding diaryl/α,β-unsaturated/α-hetero) is 1. The quantitative estimate of drug-likeness (QED) is 0.122. The van der Waals surface area contributed by atoms with E-state index >= 15 is 0 Å². The summed E-state index contributed by atoms with van der Waals surface area (Å²) in [5.41, 5.74) is 9.24. The Morgan fingerprint density at radius 1 is 1.02 bits per heavy atom. The second kappa shape index (κ2) is 18.0. The Bertz CT molecular complexity index is 1680. The molecule has 3 atom stereocenters. The molecular weight excluding hydrogens is 628 g/mol. The van der Waals surface area contributed by atoms with Crippen molar-refractivity contribution in [3.8, 4) is 6.01 Å². The number of aromatic amines is 1. The zero-order valence-corrected chi connectivity index (χ0v) is 28.9. The molecule has 1 saturated heterocycles. The number of imidazole rings is 1. The highest BCUT2D eigenvalue weighted by Crippen LogP contribution is 2.26. The molecule has 4 aromatic rings. The molecule has 0 radical (unpaired) electrons. The summed E-state index contributed by atoms with van der Waals surface area (Å²) in [5.74, 6) is 0.330.